The van der Waals surface area contributed by atoms with Gasteiger partial charge in [-0.25, -0.2) is 8.78 Å². The molecule has 0 bridgehead atoms. The average Bonchev–Trinajstić information content (AvgIpc) is 2.74. The van der Waals surface area contributed by atoms with Gasteiger partial charge in [0.05, 0.1) is 11.7 Å². The lowest BCUT2D eigenvalue weighted by Gasteiger charge is -2.26. The third kappa shape index (κ3) is 5.06. The molecule has 158 valence electrons. The predicted molar refractivity (Wildman–Crippen MR) is 111 cm³/mol. The van der Waals surface area contributed by atoms with Gasteiger partial charge < -0.3 is 9.84 Å². The molecule has 0 saturated heterocycles. The van der Waals surface area contributed by atoms with Gasteiger partial charge in [-0.05, 0) is 67.9 Å². The van der Waals surface area contributed by atoms with Crippen LogP contribution in [0.15, 0.2) is 43.0 Å². The highest BCUT2D eigenvalue weighted by Crippen LogP contribution is 2.38. The van der Waals surface area contributed by atoms with Crippen LogP contribution in [0.1, 0.15) is 61.3 Å². The summed E-state index contributed by atoms with van der Waals surface area (Å²) in [6, 6.07) is 7.58. The summed E-state index contributed by atoms with van der Waals surface area (Å²) in [7, 11) is 0. The Hall–Kier alpha value is -2.71. The largest absolute Gasteiger partial charge is 0.486 e. The summed E-state index contributed by atoms with van der Waals surface area (Å²) < 4.78 is 48.0. The minimum absolute atomic E-state index is 0.0759. The quantitative estimate of drug-likeness (QED) is 0.477. The van der Waals surface area contributed by atoms with E-state index in [4.69, 9.17) is 4.74 Å². The van der Waals surface area contributed by atoms with Crippen molar-refractivity contribution in [1.29, 1.82) is 0 Å². The summed E-state index contributed by atoms with van der Waals surface area (Å²) in [6.45, 7) is 5.18. The van der Waals surface area contributed by atoms with Gasteiger partial charge in [0, 0.05) is 5.92 Å². The van der Waals surface area contributed by atoms with Crippen LogP contribution in [-0.4, -0.2) is 11.7 Å². The van der Waals surface area contributed by atoms with Crippen molar-refractivity contribution < 1.29 is 23.0 Å². The van der Waals surface area contributed by atoms with E-state index in [9.17, 15) is 18.3 Å². The van der Waals surface area contributed by atoms with E-state index in [-0.39, 0.29) is 24.2 Å². The number of aliphatic hydroxyl groups is 1. The predicted octanol–water partition coefficient (Wildman–Crippen LogP) is 6.05. The molecule has 1 N–H and O–H groups in total. The zero-order valence-electron chi connectivity index (χ0n) is 16.9. The number of ether oxygens (including phenoxy) is 1. The normalized spacial score (nSPS) is 19.5. The maximum atomic E-state index is 14.5. The van der Waals surface area contributed by atoms with E-state index in [0.29, 0.717) is 29.5 Å². The molecule has 1 saturated carbocycles. The molecule has 1 fully saturated rings. The highest BCUT2D eigenvalue weighted by atomic mass is 19.2. The first kappa shape index (κ1) is 22.0. The number of hydrogen-bond acceptors (Lipinski definition) is 2. The van der Waals surface area contributed by atoms with Gasteiger partial charge in [-0.15, -0.1) is 0 Å². The van der Waals surface area contributed by atoms with Crippen LogP contribution < -0.4 is 4.74 Å². The average molecular weight is 414 g/mol. The van der Waals surface area contributed by atoms with Crippen molar-refractivity contribution in [2.75, 3.05) is 6.61 Å². The lowest BCUT2D eigenvalue weighted by molar-refractivity contribution is 0.199. The van der Waals surface area contributed by atoms with Crippen molar-refractivity contribution in [3.63, 3.8) is 0 Å². The summed E-state index contributed by atoms with van der Waals surface area (Å²) in [5, 5.41) is 9.52. The third-order valence-electron chi connectivity index (χ3n) is 5.49. The van der Waals surface area contributed by atoms with Crippen molar-refractivity contribution in [1.82, 2.24) is 0 Å². The SMILES string of the molecule is C=CCOc1ccc(C2CCC(C#Cc3ccc(C(C)O)cc3F)CC2)c(F)c1F. The van der Waals surface area contributed by atoms with Crippen LogP contribution in [0.5, 0.6) is 5.75 Å². The molecule has 5 heteroatoms. The smallest absolute Gasteiger partial charge is 0.200 e. The molecule has 1 atom stereocenters. The van der Waals surface area contributed by atoms with Crippen molar-refractivity contribution in [2.24, 2.45) is 5.92 Å². The van der Waals surface area contributed by atoms with Crippen LogP contribution in [-0.2, 0) is 0 Å². The van der Waals surface area contributed by atoms with Crippen LogP contribution in [0.25, 0.3) is 0 Å². The van der Waals surface area contributed by atoms with E-state index >= 15 is 0 Å². The summed E-state index contributed by atoms with van der Waals surface area (Å²) in [4.78, 5) is 0. The molecule has 0 amide bonds. The van der Waals surface area contributed by atoms with E-state index in [1.54, 1.807) is 25.1 Å². The standard InChI is InChI=1S/C25H25F3O2/c1-3-14-30-23-13-12-21(24(27)25(23)28)18-7-4-17(5-8-18)6-9-19-10-11-20(16(2)29)15-22(19)26/h3,10-13,15-18,29H,1,4-5,7-8,14H2,2H3. The second-order valence-electron chi connectivity index (χ2n) is 7.61. The minimum atomic E-state index is -0.965. The molecule has 0 radical (unpaired) electrons. The maximum Gasteiger partial charge on any atom is 0.200 e. The van der Waals surface area contributed by atoms with E-state index < -0.39 is 23.6 Å². The molecule has 2 aromatic carbocycles. The van der Waals surface area contributed by atoms with Crippen molar-refractivity contribution >= 4 is 0 Å². The monoisotopic (exact) mass is 414 g/mol. The molecule has 1 unspecified atom stereocenters. The van der Waals surface area contributed by atoms with Crippen molar-refractivity contribution in [3.8, 4) is 17.6 Å². The Balaban J connectivity index is 1.64. The van der Waals surface area contributed by atoms with Gasteiger partial charge in [-0.2, -0.15) is 4.39 Å². The number of benzene rings is 2. The van der Waals surface area contributed by atoms with E-state index in [2.05, 4.69) is 18.4 Å². The van der Waals surface area contributed by atoms with E-state index in [0.717, 1.165) is 12.8 Å². The highest BCUT2D eigenvalue weighted by Gasteiger charge is 2.26. The highest BCUT2D eigenvalue weighted by molar-refractivity contribution is 5.39. The van der Waals surface area contributed by atoms with Gasteiger partial charge in [0.25, 0.3) is 0 Å². The Morgan fingerprint density at radius 3 is 2.50 bits per heavy atom. The van der Waals surface area contributed by atoms with Gasteiger partial charge in [0.2, 0.25) is 5.82 Å². The molecule has 2 nitrogen and oxygen atoms in total. The maximum absolute atomic E-state index is 14.5. The topological polar surface area (TPSA) is 29.5 Å². The van der Waals surface area contributed by atoms with Crippen LogP contribution in [0.2, 0.25) is 0 Å². The molecule has 0 aromatic heterocycles. The van der Waals surface area contributed by atoms with Crippen LogP contribution in [0.4, 0.5) is 13.2 Å². The molecular formula is C25H25F3O2. The van der Waals surface area contributed by atoms with Gasteiger partial charge in [-0.3, -0.25) is 0 Å². The van der Waals surface area contributed by atoms with Crippen LogP contribution >= 0.6 is 0 Å². The first-order chi connectivity index (χ1) is 14.4. The molecular weight excluding hydrogens is 389 g/mol. The van der Waals surface area contributed by atoms with Gasteiger partial charge in [0.1, 0.15) is 12.4 Å². The van der Waals surface area contributed by atoms with Crippen LogP contribution in [0, 0.1) is 35.2 Å². The lowest BCUT2D eigenvalue weighted by atomic mass is 9.78. The number of halogens is 3. The zero-order chi connectivity index (χ0) is 21.7. The molecule has 0 aliphatic heterocycles. The summed E-state index contributed by atoms with van der Waals surface area (Å²) >= 11 is 0. The molecule has 30 heavy (non-hydrogen) atoms. The molecule has 0 spiro atoms. The van der Waals surface area contributed by atoms with Crippen LogP contribution in [0.3, 0.4) is 0 Å². The van der Waals surface area contributed by atoms with Gasteiger partial charge in [0.15, 0.2) is 11.6 Å². The Bertz CT molecular complexity index is 964. The van der Waals surface area contributed by atoms with Crippen molar-refractivity contribution in [2.45, 2.75) is 44.6 Å². The second-order valence-corrected chi connectivity index (χ2v) is 7.61. The Morgan fingerprint density at radius 2 is 1.87 bits per heavy atom. The summed E-state index contributed by atoms with van der Waals surface area (Å²) in [5.41, 5.74) is 1.17. The Morgan fingerprint density at radius 1 is 1.13 bits per heavy atom. The molecule has 2 aromatic rings. The molecule has 0 heterocycles. The van der Waals surface area contributed by atoms with E-state index in [1.807, 2.05) is 0 Å². The third-order valence-corrected chi connectivity index (χ3v) is 5.49. The summed E-state index contributed by atoms with van der Waals surface area (Å²) in [6.07, 6.45) is 3.59. The van der Waals surface area contributed by atoms with E-state index in [1.165, 1.54) is 18.2 Å². The number of rotatable bonds is 5. The minimum Gasteiger partial charge on any atom is -0.486 e. The van der Waals surface area contributed by atoms with Gasteiger partial charge >= 0.3 is 0 Å². The molecule has 1 aliphatic carbocycles. The van der Waals surface area contributed by atoms with Gasteiger partial charge in [-0.1, -0.05) is 36.6 Å². The first-order valence-electron chi connectivity index (χ1n) is 10.1. The Labute approximate surface area is 175 Å². The fraction of sp³-hybridized carbons (Fsp3) is 0.360. The Kier molecular flexibility index (Phi) is 7.23. The molecule has 1 aliphatic rings. The lowest BCUT2D eigenvalue weighted by Crippen LogP contribution is -2.14. The summed E-state index contributed by atoms with van der Waals surface area (Å²) in [5.74, 6) is 3.62. The molecule has 3 rings (SSSR count). The number of aliphatic hydroxyl groups excluding tert-OH is 1. The fourth-order valence-electron chi connectivity index (χ4n) is 3.74. The first-order valence-corrected chi connectivity index (χ1v) is 10.1. The second kappa shape index (κ2) is 9.86. The zero-order valence-corrected chi connectivity index (χ0v) is 16.9. The number of hydrogen-bond donors (Lipinski definition) is 1. The van der Waals surface area contributed by atoms with Crippen molar-refractivity contribution in [3.05, 3.63) is 77.1 Å². The fourth-order valence-corrected chi connectivity index (χ4v) is 3.74.